The molecule has 0 saturated heterocycles. The average molecular weight is 525 g/mol. The van der Waals surface area contributed by atoms with Crippen LogP contribution >= 0.6 is 15.9 Å². The number of allylic oxidation sites excluding steroid dienone is 2. The molecule has 0 N–H and O–H groups in total. The Hall–Kier alpha value is -1.83. The van der Waals surface area contributed by atoms with Crippen LogP contribution in [0.15, 0.2) is 45.5 Å². The van der Waals surface area contributed by atoms with Crippen LogP contribution in [0.1, 0.15) is 78.9 Å². The minimum atomic E-state index is -1.86. The minimum absolute atomic E-state index is 0.596. The molecule has 0 radical (unpaired) electrons. The molecule has 4 heteroatoms. The highest BCUT2D eigenvalue weighted by Crippen LogP contribution is 2.42. The van der Waals surface area contributed by atoms with E-state index in [0.29, 0.717) is 16.6 Å². The van der Waals surface area contributed by atoms with E-state index in [1.165, 1.54) is 27.5 Å². The molecule has 3 rings (SSSR count). The molecule has 0 unspecified atom stereocenters. The molecule has 0 aliphatic heterocycles. The predicted molar refractivity (Wildman–Crippen MR) is 150 cm³/mol. The fraction of sp³-hybridized carbons (Fsp3) is 0.483. The normalized spacial score (nSPS) is 16.2. The van der Waals surface area contributed by atoms with Crippen LogP contribution in [0.2, 0.25) is 16.6 Å². The number of nitrogens with zero attached hydrogens (tertiary/aromatic N) is 1. The molecule has 0 saturated carbocycles. The molecule has 0 aromatic heterocycles. The number of rotatable bonds is 5. The Kier molecular flexibility index (Phi) is 8.29. The van der Waals surface area contributed by atoms with Gasteiger partial charge in [-0.2, -0.15) is 0 Å². The van der Waals surface area contributed by atoms with Crippen LogP contribution in [0, 0.1) is 11.5 Å². The van der Waals surface area contributed by atoms with Crippen LogP contribution in [0.4, 0.5) is 0 Å². The first kappa shape index (κ1) is 25.8. The second-order valence-electron chi connectivity index (χ2n) is 10.2. The van der Waals surface area contributed by atoms with Gasteiger partial charge in [-0.05, 0) is 59.6 Å². The van der Waals surface area contributed by atoms with Crippen LogP contribution < -0.4 is 0 Å². The summed E-state index contributed by atoms with van der Waals surface area (Å²) < 4.78 is 1.09. The van der Waals surface area contributed by atoms with Gasteiger partial charge in [-0.3, -0.25) is 0 Å². The van der Waals surface area contributed by atoms with Crippen LogP contribution in [-0.4, -0.2) is 20.9 Å². The highest BCUT2D eigenvalue weighted by Gasteiger charge is 2.41. The molecule has 2 nitrogen and oxygen atoms in total. The predicted octanol–water partition coefficient (Wildman–Crippen LogP) is 9.13. The molecule has 0 heterocycles. The monoisotopic (exact) mass is 523 g/mol. The molecule has 0 amide bonds. The third-order valence-corrected chi connectivity index (χ3v) is 14.4. The molecule has 0 atom stereocenters. The summed E-state index contributed by atoms with van der Waals surface area (Å²) in [4.78, 5) is 5.28. The zero-order valence-corrected chi connectivity index (χ0v) is 24.1. The summed E-state index contributed by atoms with van der Waals surface area (Å²) in [5.74, 6) is 3.76. The number of oxime groups is 1. The fourth-order valence-corrected chi connectivity index (χ4v) is 11.7. The Morgan fingerprint density at radius 2 is 1.58 bits per heavy atom. The van der Waals surface area contributed by atoms with Crippen LogP contribution in [0.3, 0.4) is 0 Å². The molecule has 176 valence electrons. The van der Waals surface area contributed by atoms with Gasteiger partial charge in [0.1, 0.15) is 15.2 Å². The van der Waals surface area contributed by atoms with Crippen molar-refractivity contribution >= 4 is 46.1 Å². The van der Waals surface area contributed by atoms with Crippen molar-refractivity contribution in [3.8, 4) is 11.5 Å². The molecule has 1 aliphatic carbocycles. The van der Waals surface area contributed by atoms with Gasteiger partial charge in [0.25, 0.3) is 0 Å². The van der Waals surface area contributed by atoms with E-state index in [4.69, 9.17) is 4.84 Å². The van der Waals surface area contributed by atoms with E-state index in [-0.39, 0.29) is 0 Å². The molecular formula is C29H38BrNOSi. The summed E-state index contributed by atoms with van der Waals surface area (Å²) in [5, 5.41) is 6.90. The summed E-state index contributed by atoms with van der Waals surface area (Å²) in [5.41, 5.74) is 11.7. The van der Waals surface area contributed by atoms with Gasteiger partial charge in [-0.25, -0.2) is 0 Å². The van der Waals surface area contributed by atoms with E-state index >= 15 is 0 Å². The summed E-state index contributed by atoms with van der Waals surface area (Å²) >= 11 is 3.85. The Morgan fingerprint density at radius 1 is 0.970 bits per heavy atom. The summed E-state index contributed by atoms with van der Waals surface area (Å²) in [6, 6.07) is 10.9. The fourth-order valence-electron chi connectivity index (χ4n) is 5.88. The maximum absolute atomic E-state index is 5.28. The Balaban J connectivity index is 2.40. The summed E-state index contributed by atoms with van der Waals surface area (Å²) in [6.07, 6.45) is 3.12. The highest BCUT2D eigenvalue weighted by molar-refractivity contribution is 9.10. The van der Waals surface area contributed by atoms with Gasteiger partial charge < -0.3 is 4.84 Å². The molecule has 33 heavy (non-hydrogen) atoms. The van der Waals surface area contributed by atoms with Gasteiger partial charge in [0.05, 0.1) is 5.71 Å². The van der Waals surface area contributed by atoms with Gasteiger partial charge in [0.15, 0.2) is 0 Å². The van der Waals surface area contributed by atoms with Crippen molar-refractivity contribution < 1.29 is 4.84 Å². The van der Waals surface area contributed by atoms with Gasteiger partial charge in [-0.1, -0.05) is 98.4 Å². The van der Waals surface area contributed by atoms with Crippen LogP contribution in [-0.2, 0) is 4.84 Å². The molecule has 2 aromatic rings. The Morgan fingerprint density at radius 3 is 2.15 bits per heavy atom. The zero-order chi connectivity index (χ0) is 24.3. The lowest BCUT2D eigenvalue weighted by molar-refractivity contribution is 0.213. The van der Waals surface area contributed by atoms with Crippen molar-refractivity contribution in [3.63, 3.8) is 0 Å². The van der Waals surface area contributed by atoms with Crippen molar-refractivity contribution in [2.24, 2.45) is 5.16 Å². The van der Waals surface area contributed by atoms with Gasteiger partial charge in [-0.15, -0.1) is 5.54 Å². The molecule has 0 fully saturated rings. The maximum atomic E-state index is 5.28. The first-order valence-electron chi connectivity index (χ1n) is 12.2. The second kappa shape index (κ2) is 10.6. The molecule has 2 aromatic carbocycles. The Bertz CT molecular complexity index is 1130. The number of fused-ring (bicyclic) bond motifs is 1. The van der Waals surface area contributed by atoms with Gasteiger partial charge in [0.2, 0.25) is 0 Å². The van der Waals surface area contributed by atoms with E-state index in [9.17, 15) is 0 Å². The lowest BCUT2D eigenvalue weighted by Crippen LogP contribution is -2.43. The summed E-state index contributed by atoms with van der Waals surface area (Å²) in [6.45, 7) is 16.5. The molecule has 0 bridgehead atoms. The van der Waals surface area contributed by atoms with Crippen molar-refractivity contribution in [2.45, 2.75) is 84.4 Å². The van der Waals surface area contributed by atoms with E-state index in [0.717, 1.165) is 35.0 Å². The first-order chi connectivity index (χ1) is 15.6. The molecule has 1 aliphatic rings. The Labute approximate surface area is 210 Å². The lowest BCUT2D eigenvalue weighted by atomic mass is 9.82. The molecular weight excluding hydrogens is 486 g/mol. The zero-order valence-electron chi connectivity index (χ0n) is 21.5. The highest BCUT2D eigenvalue weighted by atomic mass is 79.9. The number of benzene rings is 2. The average Bonchev–Trinajstić information content (AvgIpc) is 2.75. The molecule has 0 spiro atoms. The standard InChI is InChI=1S/C29H38BrNOSi/c1-19(2)33(20(3)4,21(5)6)17-16-23-18-26(30)24-13-9-10-14-25(24)29(23)28-22(7)12-11-15-27(28)31-32-8/h9-10,13-14,18-21H,11-12,15H2,1-8H3/b31-27+. The minimum Gasteiger partial charge on any atom is -0.399 e. The smallest absolute Gasteiger partial charge is 0.146 e. The SMILES string of the molecule is CO/N=C1\CCCC(C)=C1c1c(C#C[Si](C(C)C)(C(C)C)C(C)C)cc(Br)c2ccccc12. The van der Waals surface area contributed by atoms with Crippen molar-refractivity contribution in [2.75, 3.05) is 7.11 Å². The largest absolute Gasteiger partial charge is 0.399 e. The lowest BCUT2D eigenvalue weighted by Gasteiger charge is -2.38. The van der Waals surface area contributed by atoms with Crippen LogP contribution in [0.25, 0.3) is 16.3 Å². The first-order valence-corrected chi connectivity index (χ1v) is 15.2. The third-order valence-electron chi connectivity index (χ3n) is 7.41. The third kappa shape index (κ3) is 4.86. The number of hydrogen-bond acceptors (Lipinski definition) is 2. The second-order valence-corrected chi connectivity index (χ2v) is 16.6. The van der Waals surface area contributed by atoms with Gasteiger partial charge >= 0.3 is 0 Å². The van der Waals surface area contributed by atoms with E-state index in [2.05, 4.69) is 111 Å². The van der Waals surface area contributed by atoms with Gasteiger partial charge in [0, 0.05) is 21.2 Å². The maximum Gasteiger partial charge on any atom is 0.146 e. The van der Waals surface area contributed by atoms with E-state index in [1.54, 1.807) is 7.11 Å². The quantitative estimate of drug-likeness (QED) is 0.217. The summed E-state index contributed by atoms with van der Waals surface area (Å²) in [7, 11) is -0.223. The van der Waals surface area contributed by atoms with Crippen molar-refractivity contribution in [1.82, 2.24) is 0 Å². The van der Waals surface area contributed by atoms with Crippen molar-refractivity contribution in [3.05, 3.63) is 51.5 Å². The number of hydrogen-bond donors (Lipinski definition) is 0. The van der Waals surface area contributed by atoms with Crippen molar-refractivity contribution in [1.29, 1.82) is 0 Å². The van der Waals surface area contributed by atoms with E-state index in [1.807, 2.05) is 0 Å². The van der Waals surface area contributed by atoms with Crippen LogP contribution in [0.5, 0.6) is 0 Å². The number of halogens is 1. The topological polar surface area (TPSA) is 21.6 Å². The van der Waals surface area contributed by atoms with E-state index < -0.39 is 8.07 Å².